The Labute approximate surface area is 189 Å². The summed E-state index contributed by atoms with van der Waals surface area (Å²) in [7, 11) is 3.21. The van der Waals surface area contributed by atoms with Gasteiger partial charge in [0.05, 0.1) is 32.8 Å². The van der Waals surface area contributed by atoms with Gasteiger partial charge in [0.1, 0.15) is 11.5 Å². The van der Waals surface area contributed by atoms with Gasteiger partial charge in [-0.3, -0.25) is 9.59 Å². The Bertz CT molecular complexity index is 971. The molecule has 168 valence electrons. The molecule has 1 unspecified atom stereocenters. The minimum absolute atomic E-state index is 0.0491. The van der Waals surface area contributed by atoms with Crippen LogP contribution in [0.2, 0.25) is 0 Å². The molecule has 0 spiro atoms. The average molecular weight is 436 g/mol. The third-order valence-electron chi connectivity index (χ3n) is 5.74. The van der Waals surface area contributed by atoms with Crippen LogP contribution in [0.4, 0.5) is 5.69 Å². The zero-order valence-electron chi connectivity index (χ0n) is 18.6. The fraction of sp³-hybridized carbons (Fsp3) is 0.400. The van der Waals surface area contributed by atoms with Gasteiger partial charge < -0.3 is 19.3 Å². The van der Waals surface area contributed by atoms with E-state index in [1.807, 2.05) is 53.4 Å². The van der Waals surface area contributed by atoms with Crippen molar-refractivity contribution in [3.05, 3.63) is 54.1 Å². The molecule has 7 nitrogen and oxygen atoms in total. The summed E-state index contributed by atoms with van der Waals surface area (Å²) in [6.45, 7) is 0.965. The number of carbonyl (C=O) groups excluding carboxylic acids is 2. The highest BCUT2D eigenvalue weighted by molar-refractivity contribution is 5.95. The van der Waals surface area contributed by atoms with Crippen LogP contribution in [-0.4, -0.2) is 44.0 Å². The standard InChI is InChI=1S/C25H29N3O4/c1-31-20-11-12-21(23(18-20)32-2)22-10-6-16-28(22)25(30)14-13-24(29)27(17-7-15-26)19-8-4-3-5-9-19/h3-5,8-9,11-12,18,22H,6-7,10,13-14,16-17H2,1-2H3. The van der Waals surface area contributed by atoms with E-state index in [9.17, 15) is 9.59 Å². The van der Waals surface area contributed by atoms with Crippen LogP contribution in [0.5, 0.6) is 11.5 Å². The van der Waals surface area contributed by atoms with Gasteiger partial charge in [0.15, 0.2) is 0 Å². The fourth-order valence-corrected chi connectivity index (χ4v) is 4.14. The number of carbonyl (C=O) groups is 2. The van der Waals surface area contributed by atoms with Gasteiger partial charge in [-0.05, 0) is 37.1 Å². The molecular formula is C25H29N3O4. The third kappa shape index (κ3) is 5.38. The summed E-state index contributed by atoms with van der Waals surface area (Å²) < 4.78 is 10.8. The first-order valence-corrected chi connectivity index (χ1v) is 10.8. The van der Waals surface area contributed by atoms with Gasteiger partial charge in [-0.25, -0.2) is 0 Å². The summed E-state index contributed by atoms with van der Waals surface area (Å²) in [5, 5.41) is 8.95. The SMILES string of the molecule is COc1ccc(C2CCCN2C(=O)CCC(=O)N(CCC#N)c2ccccc2)c(OC)c1. The summed E-state index contributed by atoms with van der Waals surface area (Å²) in [5.74, 6) is 1.19. The number of amides is 2. The molecule has 32 heavy (non-hydrogen) atoms. The van der Waals surface area contributed by atoms with Crippen LogP contribution >= 0.6 is 0 Å². The molecule has 7 heteroatoms. The molecule has 1 fully saturated rings. The van der Waals surface area contributed by atoms with Crippen LogP contribution in [0.25, 0.3) is 0 Å². The Balaban J connectivity index is 1.68. The lowest BCUT2D eigenvalue weighted by Gasteiger charge is -2.27. The molecule has 1 heterocycles. The van der Waals surface area contributed by atoms with Crippen molar-refractivity contribution in [3.63, 3.8) is 0 Å². The van der Waals surface area contributed by atoms with Crippen molar-refractivity contribution >= 4 is 17.5 Å². The number of para-hydroxylation sites is 1. The summed E-state index contributed by atoms with van der Waals surface area (Å²) in [5.41, 5.74) is 1.69. The number of nitrogens with zero attached hydrogens (tertiary/aromatic N) is 3. The van der Waals surface area contributed by atoms with Crippen LogP contribution < -0.4 is 14.4 Å². The first-order chi connectivity index (χ1) is 15.6. The van der Waals surface area contributed by atoms with E-state index < -0.39 is 0 Å². The molecule has 0 aromatic heterocycles. The number of methoxy groups -OCH3 is 2. The lowest BCUT2D eigenvalue weighted by atomic mass is 10.0. The highest BCUT2D eigenvalue weighted by atomic mass is 16.5. The molecule has 2 aromatic rings. The Morgan fingerprint density at radius 2 is 1.91 bits per heavy atom. The highest BCUT2D eigenvalue weighted by Crippen LogP contribution is 2.39. The average Bonchev–Trinajstić information content (AvgIpc) is 3.32. The number of ether oxygens (including phenoxy) is 2. The molecular weight excluding hydrogens is 406 g/mol. The molecule has 3 rings (SSSR count). The van der Waals surface area contributed by atoms with E-state index in [-0.39, 0.29) is 37.1 Å². The van der Waals surface area contributed by atoms with Crippen LogP contribution in [0, 0.1) is 11.3 Å². The van der Waals surface area contributed by atoms with Gasteiger partial charge in [-0.15, -0.1) is 0 Å². The van der Waals surface area contributed by atoms with Crippen LogP contribution in [-0.2, 0) is 9.59 Å². The van der Waals surface area contributed by atoms with E-state index in [1.54, 1.807) is 19.1 Å². The van der Waals surface area contributed by atoms with Gasteiger partial charge >= 0.3 is 0 Å². The molecule has 2 amide bonds. The maximum Gasteiger partial charge on any atom is 0.227 e. The van der Waals surface area contributed by atoms with E-state index in [1.165, 1.54) is 0 Å². The Morgan fingerprint density at radius 1 is 1.12 bits per heavy atom. The van der Waals surface area contributed by atoms with Crippen molar-refractivity contribution in [3.8, 4) is 17.6 Å². The normalized spacial score (nSPS) is 15.2. The second-order valence-corrected chi connectivity index (χ2v) is 7.64. The molecule has 0 bridgehead atoms. The monoisotopic (exact) mass is 435 g/mol. The second kappa shape index (κ2) is 11.2. The fourth-order valence-electron chi connectivity index (χ4n) is 4.14. The van der Waals surface area contributed by atoms with Crippen LogP contribution in [0.15, 0.2) is 48.5 Å². The lowest BCUT2D eigenvalue weighted by molar-refractivity contribution is -0.134. The molecule has 2 aromatic carbocycles. The Morgan fingerprint density at radius 3 is 2.59 bits per heavy atom. The van der Waals surface area contributed by atoms with Crippen LogP contribution in [0.3, 0.4) is 0 Å². The number of likely N-dealkylation sites (tertiary alicyclic amines) is 1. The number of rotatable bonds is 9. The van der Waals surface area contributed by atoms with Crippen molar-refractivity contribution in [2.45, 2.75) is 38.1 Å². The van der Waals surface area contributed by atoms with Crippen molar-refractivity contribution in [2.75, 3.05) is 32.2 Å². The second-order valence-electron chi connectivity index (χ2n) is 7.64. The Hall–Kier alpha value is -3.53. The number of hydrogen-bond donors (Lipinski definition) is 0. The molecule has 1 aliphatic rings. The third-order valence-corrected chi connectivity index (χ3v) is 5.74. The van der Waals surface area contributed by atoms with Gasteiger partial charge in [0.25, 0.3) is 0 Å². The molecule has 1 saturated heterocycles. The topological polar surface area (TPSA) is 82.9 Å². The number of benzene rings is 2. The number of hydrogen-bond acceptors (Lipinski definition) is 5. The predicted molar refractivity (Wildman–Crippen MR) is 121 cm³/mol. The summed E-state index contributed by atoms with van der Waals surface area (Å²) in [6, 6.07) is 16.9. The molecule has 1 atom stereocenters. The molecule has 0 saturated carbocycles. The largest absolute Gasteiger partial charge is 0.497 e. The zero-order chi connectivity index (χ0) is 22.9. The van der Waals surface area contributed by atoms with Crippen molar-refractivity contribution in [1.82, 2.24) is 4.90 Å². The minimum Gasteiger partial charge on any atom is -0.497 e. The predicted octanol–water partition coefficient (Wildman–Crippen LogP) is 4.09. The molecule has 0 aliphatic carbocycles. The van der Waals surface area contributed by atoms with E-state index in [0.29, 0.717) is 24.6 Å². The van der Waals surface area contributed by atoms with Gasteiger partial charge in [0.2, 0.25) is 11.8 Å². The van der Waals surface area contributed by atoms with Crippen molar-refractivity contribution in [1.29, 1.82) is 5.26 Å². The quantitative estimate of drug-likeness (QED) is 0.592. The van der Waals surface area contributed by atoms with Gasteiger partial charge in [-0.2, -0.15) is 5.26 Å². The minimum atomic E-state index is -0.155. The van der Waals surface area contributed by atoms with E-state index in [2.05, 4.69) is 6.07 Å². The molecule has 0 N–H and O–H groups in total. The maximum atomic E-state index is 13.1. The van der Waals surface area contributed by atoms with Crippen molar-refractivity contribution in [2.24, 2.45) is 0 Å². The van der Waals surface area contributed by atoms with E-state index >= 15 is 0 Å². The lowest BCUT2D eigenvalue weighted by Crippen LogP contribution is -2.35. The zero-order valence-corrected chi connectivity index (χ0v) is 18.6. The van der Waals surface area contributed by atoms with E-state index in [4.69, 9.17) is 14.7 Å². The Kier molecular flexibility index (Phi) is 8.09. The number of nitriles is 1. The van der Waals surface area contributed by atoms with Gasteiger partial charge in [0, 0.05) is 43.2 Å². The smallest absolute Gasteiger partial charge is 0.227 e. The van der Waals surface area contributed by atoms with Gasteiger partial charge in [-0.1, -0.05) is 18.2 Å². The first-order valence-electron chi connectivity index (χ1n) is 10.8. The summed E-state index contributed by atoms with van der Waals surface area (Å²) in [4.78, 5) is 29.4. The van der Waals surface area contributed by atoms with Crippen molar-refractivity contribution < 1.29 is 19.1 Å². The maximum absolute atomic E-state index is 13.1. The number of anilines is 1. The summed E-state index contributed by atoms with van der Waals surface area (Å²) in [6.07, 6.45) is 2.21. The van der Waals surface area contributed by atoms with Crippen LogP contribution in [0.1, 0.15) is 43.7 Å². The summed E-state index contributed by atoms with van der Waals surface area (Å²) >= 11 is 0. The molecule has 1 aliphatic heterocycles. The van der Waals surface area contributed by atoms with E-state index in [0.717, 1.165) is 24.1 Å². The highest BCUT2D eigenvalue weighted by Gasteiger charge is 2.32. The first kappa shape index (κ1) is 23.1. The molecule has 0 radical (unpaired) electrons.